The van der Waals surface area contributed by atoms with Gasteiger partial charge < -0.3 is 21.1 Å². The molecule has 21 heavy (non-hydrogen) atoms. The number of halogens is 2. The van der Waals surface area contributed by atoms with Crippen molar-refractivity contribution in [3.63, 3.8) is 0 Å². The van der Waals surface area contributed by atoms with Crippen LogP contribution >= 0.6 is 15.9 Å². The van der Waals surface area contributed by atoms with Gasteiger partial charge in [-0.25, -0.2) is 4.39 Å². The van der Waals surface area contributed by atoms with Gasteiger partial charge in [-0.3, -0.25) is 4.79 Å². The molecular formula is C14H11BrFN3O2. The first kappa shape index (κ1) is 13.7. The number of hydrogen-bond acceptors (Lipinski definition) is 4. The molecule has 0 aromatic heterocycles. The molecule has 2 aromatic rings. The summed E-state index contributed by atoms with van der Waals surface area (Å²) in [6.07, 6.45) is 0. The molecule has 1 amide bonds. The molecule has 108 valence electrons. The minimum atomic E-state index is -0.407. The van der Waals surface area contributed by atoms with E-state index in [1.807, 2.05) is 0 Å². The van der Waals surface area contributed by atoms with Crippen molar-refractivity contribution in [3.05, 3.63) is 40.6 Å². The van der Waals surface area contributed by atoms with Crippen LogP contribution in [-0.4, -0.2) is 12.5 Å². The molecule has 0 spiro atoms. The average Bonchev–Trinajstić information content (AvgIpc) is 2.44. The molecule has 0 fully saturated rings. The number of carbonyl (C=O) groups is 1. The molecular weight excluding hydrogens is 341 g/mol. The predicted octanol–water partition coefficient (Wildman–Crippen LogP) is 3.24. The first-order valence-electron chi connectivity index (χ1n) is 6.11. The molecule has 1 heterocycles. The van der Waals surface area contributed by atoms with Crippen LogP contribution in [-0.2, 0) is 4.79 Å². The van der Waals surface area contributed by atoms with Crippen LogP contribution in [0.15, 0.2) is 34.8 Å². The van der Waals surface area contributed by atoms with Crippen molar-refractivity contribution >= 4 is 44.6 Å². The van der Waals surface area contributed by atoms with Gasteiger partial charge in [0.25, 0.3) is 5.91 Å². The minimum Gasteiger partial charge on any atom is -0.482 e. The van der Waals surface area contributed by atoms with Crippen LogP contribution in [0.4, 0.5) is 27.1 Å². The monoisotopic (exact) mass is 351 g/mol. The minimum absolute atomic E-state index is 0.0422. The third kappa shape index (κ3) is 2.78. The van der Waals surface area contributed by atoms with Crippen LogP contribution in [0, 0.1) is 5.82 Å². The fourth-order valence-electron chi connectivity index (χ4n) is 1.99. The molecule has 0 unspecified atom stereocenters. The van der Waals surface area contributed by atoms with Crippen molar-refractivity contribution in [1.29, 1.82) is 0 Å². The zero-order valence-electron chi connectivity index (χ0n) is 10.7. The third-order valence-corrected chi connectivity index (χ3v) is 3.48. The number of nitrogens with one attached hydrogen (secondary N) is 2. The Bertz CT molecular complexity index is 736. The number of carbonyl (C=O) groups excluding carboxylic acids is 1. The fourth-order valence-corrected chi connectivity index (χ4v) is 2.35. The predicted molar refractivity (Wildman–Crippen MR) is 82.4 cm³/mol. The van der Waals surface area contributed by atoms with Crippen LogP contribution in [0.1, 0.15) is 0 Å². The zero-order chi connectivity index (χ0) is 15.0. The molecule has 0 atom stereocenters. The highest BCUT2D eigenvalue weighted by molar-refractivity contribution is 9.10. The standard InChI is InChI=1S/C14H11BrFN3O2/c15-7-1-2-8(16)10(3-7)18-11-5-12-13(4-9(11)17)21-6-14(20)19-12/h1-5,18H,6,17H2,(H,19,20). The number of anilines is 4. The number of ether oxygens (including phenoxy) is 1. The maximum Gasteiger partial charge on any atom is 0.262 e. The highest BCUT2D eigenvalue weighted by Crippen LogP contribution is 2.37. The molecule has 5 nitrogen and oxygen atoms in total. The lowest BCUT2D eigenvalue weighted by Crippen LogP contribution is -2.25. The van der Waals surface area contributed by atoms with Crippen molar-refractivity contribution < 1.29 is 13.9 Å². The Morgan fingerprint density at radius 2 is 2.10 bits per heavy atom. The maximum atomic E-state index is 13.8. The maximum absolute atomic E-state index is 13.8. The molecule has 7 heteroatoms. The SMILES string of the molecule is Nc1cc2c(cc1Nc1cc(Br)ccc1F)NC(=O)CO2. The first-order valence-corrected chi connectivity index (χ1v) is 6.90. The molecule has 1 aliphatic heterocycles. The van der Waals surface area contributed by atoms with E-state index in [1.165, 1.54) is 6.07 Å². The lowest BCUT2D eigenvalue weighted by molar-refractivity contribution is -0.118. The normalized spacial score (nSPS) is 13.1. The summed E-state index contributed by atoms with van der Waals surface area (Å²) >= 11 is 3.28. The van der Waals surface area contributed by atoms with Gasteiger partial charge in [0.05, 0.1) is 22.7 Å². The van der Waals surface area contributed by atoms with Crippen LogP contribution in [0.5, 0.6) is 5.75 Å². The molecule has 1 aliphatic rings. The molecule has 0 bridgehead atoms. The molecule has 0 saturated carbocycles. The molecule has 4 N–H and O–H groups in total. The van der Waals surface area contributed by atoms with Gasteiger partial charge in [-0.2, -0.15) is 0 Å². The highest BCUT2D eigenvalue weighted by atomic mass is 79.9. The quantitative estimate of drug-likeness (QED) is 0.726. The zero-order valence-corrected chi connectivity index (χ0v) is 12.3. The van der Waals surface area contributed by atoms with Gasteiger partial charge in [0, 0.05) is 10.5 Å². The van der Waals surface area contributed by atoms with Gasteiger partial charge in [-0.05, 0) is 24.3 Å². The van der Waals surface area contributed by atoms with E-state index in [9.17, 15) is 9.18 Å². The Morgan fingerprint density at radius 3 is 2.90 bits per heavy atom. The first-order chi connectivity index (χ1) is 10.0. The molecule has 2 aromatic carbocycles. The van der Waals surface area contributed by atoms with E-state index < -0.39 is 5.82 Å². The van der Waals surface area contributed by atoms with Crippen molar-refractivity contribution in [1.82, 2.24) is 0 Å². The summed E-state index contributed by atoms with van der Waals surface area (Å²) in [4.78, 5) is 11.3. The number of nitrogen functional groups attached to an aromatic ring is 1. The summed E-state index contributed by atoms with van der Waals surface area (Å²) in [6, 6.07) is 7.75. The number of amides is 1. The van der Waals surface area contributed by atoms with E-state index in [1.54, 1.807) is 24.3 Å². The van der Waals surface area contributed by atoms with Gasteiger partial charge in [-0.15, -0.1) is 0 Å². The highest BCUT2D eigenvalue weighted by Gasteiger charge is 2.18. The summed E-state index contributed by atoms with van der Waals surface area (Å²) in [6.45, 7) is -0.0422. The van der Waals surface area contributed by atoms with Crippen LogP contribution in [0.25, 0.3) is 0 Å². The fraction of sp³-hybridized carbons (Fsp3) is 0.0714. The van der Waals surface area contributed by atoms with Gasteiger partial charge >= 0.3 is 0 Å². The summed E-state index contributed by atoms with van der Waals surface area (Å²) in [5.74, 6) is -0.158. The van der Waals surface area contributed by atoms with E-state index in [0.29, 0.717) is 22.8 Å². The Kier molecular flexibility index (Phi) is 3.42. The molecule has 0 aliphatic carbocycles. The Labute approximate surface area is 128 Å². The van der Waals surface area contributed by atoms with Crippen LogP contribution < -0.4 is 21.1 Å². The van der Waals surface area contributed by atoms with Gasteiger partial charge in [-0.1, -0.05) is 15.9 Å². The topological polar surface area (TPSA) is 76.4 Å². The number of hydrogen-bond donors (Lipinski definition) is 3. The van der Waals surface area contributed by atoms with E-state index in [0.717, 1.165) is 4.47 Å². The van der Waals surface area contributed by atoms with E-state index in [4.69, 9.17) is 10.5 Å². The summed E-state index contributed by atoms with van der Waals surface area (Å²) in [5.41, 5.74) is 7.58. The van der Waals surface area contributed by atoms with Crippen molar-refractivity contribution in [3.8, 4) is 5.75 Å². The van der Waals surface area contributed by atoms with Gasteiger partial charge in [0.15, 0.2) is 6.61 Å². The van der Waals surface area contributed by atoms with Gasteiger partial charge in [0.2, 0.25) is 0 Å². The largest absolute Gasteiger partial charge is 0.482 e. The Balaban J connectivity index is 1.97. The lowest BCUT2D eigenvalue weighted by atomic mass is 10.2. The summed E-state index contributed by atoms with van der Waals surface area (Å²) < 4.78 is 19.8. The number of benzene rings is 2. The summed E-state index contributed by atoms with van der Waals surface area (Å²) in [7, 11) is 0. The van der Waals surface area contributed by atoms with Crippen LogP contribution in [0.3, 0.4) is 0 Å². The average molecular weight is 352 g/mol. The molecule has 0 saturated heterocycles. The Hall–Kier alpha value is -2.28. The number of rotatable bonds is 2. The second-order valence-corrected chi connectivity index (χ2v) is 5.44. The van der Waals surface area contributed by atoms with Gasteiger partial charge in [0.1, 0.15) is 11.6 Å². The third-order valence-electron chi connectivity index (χ3n) is 2.98. The van der Waals surface area contributed by atoms with Crippen molar-refractivity contribution in [2.75, 3.05) is 23.0 Å². The molecule has 3 rings (SSSR count). The van der Waals surface area contributed by atoms with Crippen LogP contribution in [0.2, 0.25) is 0 Å². The second-order valence-electron chi connectivity index (χ2n) is 4.52. The summed E-state index contributed by atoms with van der Waals surface area (Å²) in [5, 5.41) is 5.59. The lowest BCUT2D eigenvalue weighted by Gasteiger charge is -2.20. The van der Waals surface area contributed by atoms with E-state index in [2.05, 4.69) is 26.6 Å². The van der Waals surface area contributed by atoms with Crippen molar-refractivity contribution in [2.45, 2.75) is 0 Å². The van der Waals surface area contributed by atoms with E-state index >= 15 is 0 Å². The van der Waals surface area contributed by atoms with E-state index in [-0.39, 0.29) is 18.2 Å². The smallest absolute Gasteiger partial charge is 0.262 e. The molecule has 0 radical (unpaired) electrons. The van der Waals surface area contributed by atoms with Crippen molar-refractivity contribution in [2.24, 2.45) is 0 Å². The second kappa shape index (κ2) is 5.25. The number of nitrogens with two attached hydrogens (primary N) is 1. The Morgan fingerprint density at radius 1 is 1.29 bits per heavy atom. The number of fused-ring (bicyclic) bond motifs is 1.